The Labute approximate surface area is 160 Å². The van der Waals surface area contributed by atoms with E-state index in [0.29, 0.717) is 17.8 Å². The molecule has 1 aliphatic rings. The van der Waals surface area contributed by atoms with Gasteiger partial charge in [0, 0.05) is 24.3 Å². The Balaban J connectivity index is 1.60. The Morgan fingerprint density at radius 1 is 1.00 bits per heavy atom. The van der Waals surface area contributed by atoms with Gasteiger partial charge in [-0.3, -0.25) is 14.4 Å². The molecule has 0 bridgehead atoms. The first kappa shape index (κ1) is 19.4. The third-order valence-electron chi connectivity index (χ3n) is 4.60. The van der Waals surface area contributed by atoms with Gasteiger partial charge in [-0.1, -0.05) is 24.3 Å². The van der Waals surface area contributed by atoms with Crippen molar-refractivity contribution < 1.29 is 13.2 Å². The molecule has 0 atom stereocenters. The lowest BCUT2D eigenvalue weighted by Gasteiger charge is -2.17. The highest BCUT2D eigenvalue weighted by Crippen LogP contribution is 2.16. The van der Waals surface area contributed by atoms with E-state index in [1.165, 1.54) is 18.4 Å². The number of rotatable bonds is 7. The molecule has 6 nitrogen and oxygen atoms in total. The first-order valence-electron chi connectivity index (χ1n) is 9.06. The van der Waals surface area contributed by atoms with Gasteiger partial charge in [0.1, 0.15) is 0 Å². The summed E-state index contributed by atoms with van der Waals surface area (Å²) in [6.45, 7) is 3.65. The highest BCUT2D eigenvalue weighted by molar-refractivity contribution is 7.92. The fraction of sp³-hybridized carbons (Fsp3) is 0.350. The van der Waals surface area contributed by atoms with E-state index in [1.54, 1.807) is 24.3 Å². The first-order chi connectivity index (χ1) is 12.9. The van der Waals surface area contributed by atoms with Crippen LogP contribution in [0.1, 0.15) is 34.3 Å². The summed E-state index contributed by atoms with van der Waals surface area (Å²) in [5.74, 6) is -0.183. The molecule has 0 saturated carbocycles. The Kier molecular flexibility index (Phi) is 6.13. The third kappa shape index (κ3) is 5.80. The van der Waals surface area contributed by atoms with Gasteiger partial charge < -0.3 is 5.32 Å². The molecule has 1 amide bonds. The Morgan fingerprint density at radius 2 is 1.63 bits per heavy atom. The number of nitrogens with zero attached hydrogens (tertiary/aromatic N) is 1. The van der Waals surface area contributed by atoms with Gasteiger partial charge in [0.05, 0.1) is 6.26 Å². The summed E-state index contributed by atoms with van der Waals surface area (Å²) >= 11 is 0. The van der Waals surface area contributed by atoms with Gasteiger partial charge in [-0.05, 0) is 61.3 Å². The summed E-state index contributed by atoms with van der Waals surface area (Å²) in [5, 5.41) is 2.95. The van der Waals surface area contributed by atoms with Crippen LogP contribution in [0.2, 0.25) is 0 Å². The smallest absolute Gasteiger partial charge is 0.251 e. The quantitative estimate of drug-likeness (QED) is 0.765. The lowest BCUT2D eigenvalue weighted by Crippen LogP contribution is -2.25. The molecule has 1 heterocycles. The van der Waals surface area contributed by atoms with Crippen LogP contribution in [-0.4, -0.2) is 38.6 Å². The van der Waals surface area contributed by atoms with E-state index in [4.69, 9.17) is 0 Å². The molecule has 0 spiro atoms. The molecule has 1 aliphatic heterocycles. The van der Waals surface area contributed by atoms with Crippen LogP contribution in [0.4, 0.5) is 5.69 Å². The van der Waals surface area contributed by atoms with Gasteiger partial charge in [0.15, 0.2) is 0 Å². The molecular weight excluding hydrogens is 362 g/mol. The number of hydrogen-bond donors (Lipinski definition) is 2. The third-order valence-corrected chi connectivity index (χ3v) is 5.21. The van der Waals surface area contributed by atoms with Crippen LogP contribution >= 0.6 is 0 Å². The Bertz CT molecular complexity index is 889. The lowest BCUT2D eigenvalue weighted by atomic mass is 10.1. The van der Waals surface area contributed by atoms with E-state index in [0.717, 1.165) is 31.5 Å². The van der Waals surface area contributed by atoms with E-state index >= 15 is 0 Å². The molecule has 0 unspecified atom stereocenters. The van der Waals surface area contributed by atoms with Crippen molar-refractivity contribution in [2.75, 3.05) is 24.1 Å². The van der Waals surface area contributed by atoms with Crippen molar-refractivity contribution in [1.82, 2.24) is 10.2 Å². The molecule has 1 saturated heterocycles. The topological polar surface area (TPSA) is 78.5 Å². The van der Waals surface area contributed by atoms with Crippen LogP contribution in [-0.2, 0) is 23.1 Å². The second-order valence-corrected chi connectivity index (χ2v) is 8.63. The summed E-state index contributed by atoms with van der Waals surface area (Å²) in [5.41, 5.74) is 3.29. The minimum absolute atomic E-state index is 0.183. The van der Waals surface area contributed by atoms with Crippen LogP contribution in [0.25, 0.3) is 0 Å². The molecule has 3 rings (SSSR count). The zero-order valence-corrected chi connectivity index (χ0v) is 16.3. The molecule has 2 aromatic rings. The summed E-state index contributed by atoms with van der Waals surface area (Å²) in [6.07, 6.45) is 3.60. The highest BCUT2D eigenvalue weighted by atomic mass is 32.2. The van der Waals surface area contributed by atoms with E-state index in [2.05, 4.69) is 21.0 Å². The molecule has 2 aromatic carbocycles. The Morgan fingerprint density at radius 3 is 2.26 bits per heavy atom. The predicted octanol–water partition coefficient (Wildman–Crippen LogP) is 2.58. The van der Waals surface area contributed by atoms with Gasteiger partial charge >= 0.3 is 0 Å². The number of nitrogens with one attached hydrogen (secondary N) is 2. The fourth-order valence-electron chi connectivity index (χ4n) is 3.25. The number of carbonyl (C=O) groups is 1. The van der Waals surface area contributed by atoms with Crippen molar-refractivity contribution in [3.63, 3.8) is 0 Å². The van der Waals surface area contributed by atoms with Crippen LogP contribution in [0.3, 0.4) is 0 Å². The second kappa shape index (κ2) is 8.54. The van der Waals surface area contributed by atoms with Crippen molar-refractivity contribution >= 4 is 21.6 Å². The van der Waals surface area contributed by atoms with Crippen LogP contribution < -0.4 is 10.0 Å². The summed E-state index contributed by atoms with van der Waals surface area (Å²) in [7, 11) is -3.33. The minimum atomic E-state index is -3.33. The van der Waals surface area contributed by atoms with E-state index in [-0.39, 0.29) is 5.91 Å². The molecule has 7 heteroatoms. The van der Waals surface area contributed by atoms with Crippen molar-refractivity contribution in [2.45, 2.75) is 25.9 Å². The fourth-order valence-corrected chi connectivity index (χ4v) is 3.81. The molecule has 0 aliphatic carbocycles. The largest absolute Gasteiger partial charge is 0.348 e. The molecule has 1 fully saturated rings. The average molecular weight is 388 g/mol. The number of sulfonamides is 1. The van der Waals surface area contributed by atoms with E-state index < -0.39 is 10.0 Å². The number of amides is 1. The standard InChI is InChI=1S/C20H25N3O3S/c1-27(25,26)22-19-10-8-16(9-11-19)20(24)21-14-17-6-2-3-7-18(17)15-23-12-4-5-13-23/h2-3,6-11,22H,4-5,12-15H2,1H3,(H,21,24). The zero-order valence-electron chi connectivity index (χ0n) is 15.4. The van der Waals surface area contributed by atoms with Gasteiger partial charge in [-0.15, -0.1) is 0 Å². The van der Waals surface area contributed by atoms with Crippen molar-refractivity contribution in [3.05, 3.63) is 65.2 Å². The van der Waals surface area contributed by atoms with E-state index in [9.17, 15) is 13.2 Å². The van der Waals surface area contributed by atoms with Gasteiger partial charge in [-0.2, -0.15) is 0 Å². The molecule has 27 heavy (non-hydrogen) atoms. The van der Waals surface area contributed by atoms with Gasteiger partial charge in [0.2, 0.25) is 10.0 Å². The number of anilines is 1. The maximum absolute atomic E-state index is 12.4. The molecular formula is C20H25N3O3S. The summed E-state index contributed by atoms with van der Waals surface area (Å²) < 4.78 is 24.9. The molecule has 2 N–H and O–H groups in total. The van der Waals surface area contributed by atoms with Crippen LogP contribution in [0.15, 0.2) is 48.5 Å². The number of benzene rings is 2. The molecule has 0 aromatic heterocycles. The van der Waals surface area contributed by atoms with Crippen molar-refractivity contribution in [2.24, 2.45) is 0 Å². The highest BCUT2D eigenvalue weighted by Gasteiger charge is 2.14. The van der Waals surface area contributed by atoms with Crippen LogP contribution in [0.5, 0.6) is 0 Å². The molecule has 144 valence electrons. The number of hydrogen-bond acceptors (Lipinski definition) is 4. The van der Waals surface area contributed by atoms with Crippen molar-refractivity contribution in [1.29, 1.82) is 0 Å². The Hall–Kier alpha value is -2.38. The molecule has 0 radical (unpaired) electrons. The lowest BCUT2D eigenvalue weighted by molar-refractivity contribution is 0.0951. The number of likely N-dealkylation sites (tertiary alicyclic amines) is 1. The maximum Gasteiger partial charge on any atom is 0.251 e. The minimum Gasteiger partial charge on any atom is -0.348 e. The van der Waals surface area contributed by atoms with Gasteiger partial charge in [-0.25, -0.2) is 8.42 Å². The van der Waals surface area contributed by atoms with Crippen LogP contribution in [0, 0.1) is 0 Å². The monoisotopic (exact) mass is 387 g/mol. The average Bonchev–Trinajstić information content (AvgIpc) is 3.13. The SMILES string of the molecule is CS(=O)(=O)Nc1ccc(C(=O)NCc2ccccc2CN2CCCC2)cc1. The normalized spacial score (nSPS) is 14.9. The predicted molar refractivity (Wildman–Crippen MR) is 107 cm³/mol. The van der Waals surface area contributed by atoms with E-state index in [1.807, 2.05) is 18.2 Å². The first-order valence-corrected chi connectivity index (χ1v) is 10.9. The second-order valence-electron chi connectivity index (χ2n) is 6.89. The van der Waals surface area contributed by atoms with Gasteiger partial charge in [0.25, 0.3) is 5.91 Å². The summed E-state index contributed by atoms with van der Waals surface area (Å²) in [4.78, 5) is 14.8. The summed E-state index contributed by atoms with van der Waals surface area (Å²) in [6, 6.07) is 14.6. The van der Waals surface area contributed by atoms with Crippen molar-refractivity contribution in [3.8, 4) is 0 Å². The zero-order chi connectivity index (χ0) is 19.3. The number of carbonyl (C=O) groups excluding carboxylic acids is 1. The maximum atomic E-state index is 12.4.